The highest BCUT2D eigenvalue weighted by molar-refractivity contribution is 7.09. The van der Waals surface area contributed by atoms with Crippen LogP contribution in [-0.2, 0) is 13.0 Å². The molecule has 2 aromatic rings. The Balaban J connectivity index is 1.65. The van der Waals surface area contributed by atoms with Crippen LogP contribution in [0.5, 0.6) is 0 Å². The van der Waals surface area contributed by atoms with Gasteiger partial charge in [0.15, 0.2) is 5.82 Å². The second-order valence-electron chi connectivity index (χ2n) is 2.74. The van der Waals surface area contributed by atoms with Crippen molar-refractivity contribution in [2.24, 2.45) is 0 Å². The van der Waals surface area contributed by atoms with Gasteiger partial charge in [0.25, 0.3) is 0 Å². The second-order valence-corrected chi connectivity index (χ2v) is 3.71. The molecular weight excluding hydrogens is 200 g/mol. The molecular formula is C8H10N4OS. The van der Waals surface area contributed by atoms with Gasteiger partial charge in [-0.25, -0.2) is 0 Å². The van der Waals surface area contributed by atoms with Crippen molar-refractivity contribution >= 4 is 11.3 Å². The number of nitrogens with one attached hydrogen (secondary N) is 1. The Morgan fingerprint density at radius 1 is 1.50 bits per heavy atom. The van der Waals surface area contributed by atoms with E-state index in [-0.39, 0.29) is 0 Å². The quantitative estimate of drug-likeness (QED) is 0.741. The molecule has 2 aromatic heterocycles. The lowest BCUT2D eigenvalue weighted by molar-refractivity contribution is 0.409. The van der Waals surface area contributed by atoms with Crippen LogP contribution in [0.2, 0.25) is 0 Å². The van der Waals surface area contributed by atoms with Gasteiger partial charge in [-0.05, 0) is 0 Å². The monoisotopic (exact) mass is 210 g/mol. The van der Waals surface area contributed by atoms with E-state index in [4.69, 9.17) is 0 Å². The predicted molar refractivity (Wildman–Crippen MR) is 51.8 cm³/mol. The summed E-state index contributed by atoms with van der Waals surface area (Å²) in [4.78, 5) is 9.15. The number of nitrogens with zero attached hydrogens (tertiary/aromatic N) is 3. The van der Waals surface area contributed by atoms with E-state index in [0.717, 1.165) is 25.3 Å². The molecule has 0 fully saturated rings. The molecule has 0 bridgehead atoms. The van der Waals surface area contributed by atoms with Crippen LogP contribution in [0, 0.1) is 0 Å². The highest BCUT2D eigenvalue weighted by atomic mass is 32.1. The van der Waals surface area contributed by atoms with Gasteiger partial charge < -0.3 is 9.84 Å². The fourth-order valence-electron chi connectivity index (χ4n) is 1.04. The third kappa shape index (κ3) is 2.61. The van der Waals surface area contributed by atoms with Gasteiger partial charge in [-0.15, -0.1) is 11.3 Å². The summed E-state index contributed by atoms with van der Waals surface area (Å²) in [6.07, 6.45) is 4.00. The zero-order chi connectivity index (χ0) is 9.64. The standard InChI is InChI=1S/C8H10N4OS/c1(8-11-5-13-12-8)2-9-3-7-4-10-6-14-7/h4-6,9H,1-3H2. The summed E-state index contributed by atoms with van der Waals surface area (Å²) in [6.45, 7) is 1.69. The summed E-state index contributed by atoms with van der Waals surface area (Å²) in [7, 11) is 0. The van der Waals surface area contributed by atoms with Crippen molar-refractivity contribution in [1.82, 2.24) is 20.4 Å². The molecule has 0 spiro atoms. The van der Waals surface area contributed by atoms with Gasteiger partial charge in [0, 0.05) is 30.6 Å². The SMILES string of the molecule is c1nc(CCNCc2cncs2)no1. The minimum atomic E-state index is 0.738. The summed E-state index contributed by atoms with van der Waals surface area (Å²) in [6, 6.07) is 0. The maximum Gasteiger partial charge on any atom is 0.213 e. The number of thiazole rings is 1. The van der Waals surface area contributed by atoms with Crippen LogP contribution in [0.25, 0.3) is 0 Å². The fraction of sp³-hybridized carbons (Fsp3) is 0.375. The molecule has 0 aliphatic carbocycles. The molecule has 0 aliphatic rings. The fourth-order valence-corrected chi connectivity index (χ4v) is 1.61. The van der Waals surface area contributed by atoms with Gasteiger partial charge in [0.2, 0.25) is 6.39 Å². The summed E-state index contributed by atoms with van der Waals surface area (Å²) >= 11 is 1.65. The molecule has 0 amide bonds. The lowest BCUT2D eigenvalue weighted by Crippen LogP contribution is -2.16. The van der Waals surface area contributed by atoms with Crippen molar-refractivity contribution in [3.63, 3.8) is 0 Å². The van der Waals surface area contributed by atoms with E-state index in [2.05, 4.69) is 25.0 Å². The minimum absolute atomic E-state index is 0.738. The second kappa shape index (κ2) is 4.83. The summed E-state index contributed by atoms with van der Waals surface area (Å²) in [5, 5.41) is 6.99. The molecule has 14 heavy (non-hydrogen) atoms. The zero-order valence-electron chi connectivity index (χ0n) is 7.51. The Kier molecular flexibility index (Phi) is 3.20. The Labute approximate surface area is 85.2 Å². The van der Waals surface area contributed by atoms with E-state index >= 15 is 0 Å². The largest absolute Gasteiger partial charge is 0.343 e. The topological polar surface area (TPSA) is 63.8 Å². The summed E-state index contributed by atoms with van der Waals surface area (Å²) in [5.74, 6) is 0.738. The predicted octanol–water partition coefficient (Wildman–Crippen LogP) is 0.858. The molecule has 0 atom stereocenters. The van der Waals surface area contributed by atoms with E-state index in [1.165, 1.54) is 11.3 Å². The molecule has 0 aromatic carbocycles. The molecule has 5 nitrogen and oxygen atoms in total. The molecule has 0 saturated heterocycles. The Morgan fingerprint density at radius 2 is 2.50 bits per heavy atom. The Morgan fingerprint density at radius 3 is 3.21 bits per heavy atom. The third-order valence-electron chi connectivity index (χ3n) is 1.72. The first kappa shape index (κ1) is 9.29. The zero-order valence-corrected chi connectivity index (χ0v) is 8.33. The van der Waals surface area contributed by atoms with Crippen LogP contribution in [0.3, 0.4) is 0 Å². The van der Waals surface area contributed by atoms with Crippen molar-refractivity contribution in [3.8, 4) is 0 Å². The van der Waals surface area contributed by atoms with Crippen LogP contribution in [0.1, 0.15) is 10.7 Å². The number of hydrogen-bond acceptors (Lipinski definition) is 6. The first-order valence-corrected chi connectivity index (χ1v) is 5.16. The van der Waals surface area contributed by atoms with Crippen molar-refractivity contribution in [1.29, 1.82) is 0 Å². The molecule has 74 valence electrons. The first-order chi connectivity index (χ1) is 6.95. The normalized spacial score (nSPS) is 10.6. The molecule has 1 N–H and O–H groups in total. The van der Waals surface area contributed by atoms with E-state index in [0.29, 0.717) is 0 Å². The molecule has 2 rings (SSSR count). The van der Waals surface area contributed by atoms with E-state index < -0.39 is 0 Å². The van der Waals surface area contributed by atoms with Crippen molar-refractivity contribution in [2.75, 3.05) is 6.54 Å². The summed E-state index contributed by atoms with van der Waals surface area (Å²) < 4.78 is 4.62. The molecule has 2 heterocycles. The van der Waals surface area contributed by atoms with Crippen LogP contribution in [0.15, 0.2) is 22.6 Å². The average molecular weight is 210 g/mol. The maximum atomic E-state index is 4.62. The highest BCUT2D eigenvalue weighted by Crippen LogP contribution is 2.03. The van der Waals surface area contributed by atoms with Crippen LogP contribution in [0.4, 0.5) is 0 Å². The number of rotatable bonds is 5. The molecule has 0 saturated carbocycles. The van der Waals surface area contributed by atoms with E-state index in [1.54, 1.807) is 11.3 Å². The highest BCUT2D eigenvalue weighted by Gasteiger charge is 1.98. The smallest absolute Gasteiger partial charge is 0.213 e. The maximum absolute atomic E-state index is 4.62. The van der Waals surface area contributed by atoms with Gasteiger partial charge in [-0.2, -0.15) is 4.98 Å². The van der Waals surface area contributed by atoms with Crippen LogP contribution >= 0.6 is 11.3 Å². The van der Waals surface area contributed by atoms with Crippen molar-refractivity contribution < 1.29 is 4.52 Å². The van der Waals surface area contributed by atoms with Crippen LogP contribution < -0.4 is 5.32 Å². The van der Waals surface area contributed by atoms with Gasteiger partial charge in [0.1, 0.15) is 0 Å². The van der Waals surface area contributed by atoms with E-state index in [9.17, 15) is 0 Å². The minimum Gasteiger partial charge on any atom is -0.343 e. The summed E-state index contributed by atoms with van der Waals surface area (Å²) in [5.41, 5.74) is 1.83. The number of aromatic nitrogens is 3. The first-order valence-electron chi connectivity index (χ1n) is 4.28. The van der Waals surface area contributed by atoms with Crippen molar-refractivity contribution in [3.05, 3.63) is 28.8 Å². The lowest BCUT2D eigenvalue weighted by Gasteiger charge is -1.98. The van der Waals surface area contributed by atoms with Gasteiger partial charge >= 0.3 is 0 Å². The molecule has 0 unspecified atom stereocenters. The van der Waals surface area contributed by atoms with Crippen molar-refractivity contribution in [2.45, 2.75) is 13.0 Å². The molecule has 0 radical (unpaired) electrons. The van der Waals surface area contributed by atoms with Gasteiger partial charge in [0.05, 0.1) is 5.51 Å². The third-order valence-corrected chi connectivity index (χ3v) is 2.49. The van der Waals surface area contributed by atoms with Gasteiger partial charge in [-0.1, -0.05) is 5.16 Å². The average Bonchev–Trinajstić information content (AvgIpc) is 2.86. The number of hydrogen-bond donors (Lipinski definition) is 1. The molecule has 6 heteroatoms. The Bertz CT molecular complexity index is 309. The molecule has 0 aliphatic heterocycles. The Hall–Kier alpha value is -1.27. The lowest BCUT2D eigenvalue weighted by atomic mass is 10.4. The van der Waals surface area contributed by atoms with Crippen LogP contribution in [-0.4, -0.2) is 21.7 Å². The van der Waals surface area contributed by atoms with E-state index in [1.807, 2.05) is 11.7 Å². The van der Waals surface area contributed by atoms with Gasteiger partial charge in [-0.3, -0.25) is 4.98 Å².